The fraction of sp³-hybridized carbons (Fsp3) is 0.481. The molecule has 0 bridgehead atoms. The fourth-order valence-corrected chi connectivity index (χ4v) is 4.29. The van der Waals surface area contributed by atoms with Crippen molar-refractivity contribution in [1.29, 1.82) is 0 Å². The number of hydrogen-bond acceptors (Lipinski definition) is 2. The van der Waals surface area contributed by atoms with Gasteiger partial charge in [0.25, 0.3) is 5.91 Å². The van der Waals surface area contributed by atoms with Gasteiger partial charge in [-0.05, 0) is 48.6 Å². The van der Waals surface area contributed by atoms with Crippen LogP contribution in [0.4, 0.5) is 10.1 Å². The second kappa shape index (κ2) is 11.8. The first-order valence-electron chi connectivity index (χ1n) is 11.9. The molecule has 1 heterocycles. The summed E-state index contributed by atoms with van der Waals surface area (Å²) in [7, 11) is 0. The Bertz CT molecular complexity index is 912. The van der Waals surface area contributed by atoms with Gasteiger partial charge < -0.3 is 9.80 Å². The zero-order chi connectivity index (χ0) is 22.9. The summed E-state index contributed by atoms with van der Waals surface area (Å²) in [6, 6.07) is 13.8. The van der Waals surface area contributed by atoms with Crippen LogP contribution in [0.2, 0.25) is 0 Å². The van der Waals surface area contributed by atoms with Gasteiger partial charge in [-0.25, -0.2) is 4.39 Å². The second-order valence-corrected chi connectivity index (χ2v) is 9.13. The molecule has 4 nitrogen and oxygen atoms in total. The number of fused-ring (bicyclic) bond motifs is 1. The molecule has 172 valence electrons. The minimum absolute atomic E-state index is 0.130. The van der Waals surface area contributed by atoms with Gasteiger partial charge in [0.15, 0.2) is 0 Å². The van der Waals surface area contributed by atoms with Crippen molar-refractivity contribution < 1.29 is 14.0 Å². The van der Waals surface area contributed by atoms with Crippen LogP contribution < -0.4 is 4.90 Å². The highest BCUT2D eigenvalue weighted by Crippen LogP contribution is 2.26. The molecule has 0 radical (unpaired) electrons. The van der Waals surface area contributed by atoms with Crippen LogP contribution in [-0.2, 0) is 11.3 Å². The van der Waals surface area contributed by atoms with Crippen molar-refractivity contribution in [3.8, 4) is 0 Å². The van der Waals surface area contributed by atoms with Crippen LogP contribution in [0.3, 0.4) is 0 Å². The molecule has 0 saturated carbocycles. The van der Waals surface area contributed by atoms with Crippen molar-refractivity contribution in [2.24, 2.45) is 5.92 Å². The molecule has 0 atom stereocenters. The lowest BCUT2D eigenvalue weighted by atomic mass is 10.1. The number of amides is 2. The topological polar surface area (TPSA) is 40.6 Å². The molecule has 0 fully saturated rings. The number of hydrogen-bond donors (Lipinski definition) is 0. The van der Waals surface area contributed by atoms with Gasteiger partial charge in [0.05, 0.1) is 0 Å². The molecule has 3 rings (SSSR count). The molecule has 5 heteroatoms. The van der Waals surface area contributed by atoms with Gasteiger partial charge in [-0.2, -0.15) is 0 Å². The Hall–Kier alpha value is -2.69. The first-order chi connectivity index (χ1) is 15.5. The molecule has 2 amide bonds. The van der Waals surface area contributed by atoms with E-state index in [2.05, 4.69) is 13.8 Å². The average molecular weight is 439 g/mol. The Labute approximate surface area is 191 Å². The maximum Gasteiger partial charge on any atom is 0.254 e. The number of rotatable bonds is 3. The molecule has 2 aromatic carbocycles. The molecule has 32 heavy (non-hydrogen) atoms. The Morgan fingerprint density at radius 3 is 2.31 bits per heavy atom. The largest absolute Gasteiger partial charge is 0.334 e. The van der Waals surface area contributed by atoms with Crippen molar-refractivity contribution in [2.75, 3.05) is 18.0 Å². The van der Waals surface area contributed by atoms with Crippen molar-refractivity contribution in [1.82, 2.24) is 4.90 Å². The first kappa shape index (κ1) is 24.0. The second-order valence-electron chi connectivity index (χ2n) is 9.13. The number of carbonyl (C=O) groups excluding carboxylic acids is 2. The van der Waals surface area contributed by atoms with E-state index in [1.165, 1.54) is 12.1 Å². The Morgan fingerprint density at radius 2 is 1.59 bits per heavy atom. The number of para-hydroxylation sites is 1. The lowest BCUT2D eigenvalue weighted by Gasteiger charge is -2.29. The van der Waals surface area contributed by atoms with Crippen LogP contribution in [0, 0.1) is 11.7 Å². The summed E-state index contributed by atoms with van der Waals surface area (Å²) in [5.41, 5.74) is 2.20. The van der Waals surface area contributed by atoms with E-state index in [-0.39, 0.29) is 17.7 Å². The molecule has 0 aliphatic carbocycles. The molecular formula is C27H35FN2O2. The number of nitrogens with zero attached hydrogens (tertiary/aromatic N) is 2. The van der Waals surface area contributed by atoms with Crippen LogP contribution >= 0.6 is 0 Å². The van der Waals surface area contributed by atoms with E-state index in [1.54, 1.807) is 17.0 Å². The average Bonchev–Trinajstić information content (AvgIpc) is 2.78. The van der Waals surface area contributed by atoms with Crippen LogP contribution in [0.25, 0.3) is 0 Å². The van der Waals surface area contributed by atoms with Gasteiger partial charge in [0.2, 0.25) is 5.91 Å². The van der Waals surface area contributed by atoms with Gasteiger partial charge in [-0.1, -0.05) is 63.8 Å². The minimum atomic E-state index is -0.410. The number of benzene rings is 2. The highest BCUT2D eigenvalue weighted by atomic mass is 19.1. The summed E-state index contributed by atoms with van der Waals surface area (Å²) in [4.78, 5) is 30.1. The quantitative estimate of drug-likeness (QED) is 0.572. The molecule has 2 aromatic rings. The zero-order valence-electron chi connectivity index (χ0n) is 19.4. The van der Waals surface area contributed by atoms with Crippen LogP contribution in [0.5, 0.6) is 0 Å². The normalized spacial score (nSPS) is 16.0. The van der Waals surface area contributed by atoms with E-state index in [1.807, 2.05) is 29.2 Å². The molecule has 1 aliphatic rings. The van der Waals surface area contributed by atoms with Gasteiger partial charge in [-0.15, -0.1) is 0 Å². The number of anilines is 1. The van der Waals surface area contributed by atoms with Gasteiger partial charge in [-0.3, -0.25) is 9.59 Å². The number of halogens is 1. The molecule has 0 unspecified atom stereocenters. The Morgan fingerprint density at radius 1 is 0.906 bits per heavy atom. The van der Waals surface area contributed by atoms with Crippen molar-refractivity contribution in [3.05, 3.63) is 65.5 Å². The number of carbonyl (C=O) groups is 2. The SMILES string of the molecule is CC(C)CC(=O)N1CCCCCCCCN(C(=O)c2cccc(F)c2)Cc2ccccc21. The lowest BCUT2D eigenvalue weighted by Crippen LogP contribution is -2.35. The van der Waals surface area contributed by atoms with E-state index >= 15 is 0 Å². The summed E-state index contributed by atoms with van der Waals surface area (Å²) in [5.74, 6) is -0.169. The molecule has 1 aliphatic heterocycles. The summed E-state index contributed by atoms with van der Waals surface area (Å²) in [6.45, 7) is 5.83. The molecular weight excluding hydrogens is 403 g/mol. The third-order valence-electron chi connectivity index (χ3n) is 5.95. The van der Waals surface area contributed by atoms with Gasteiger partial charge >= 0.3 is 0 Å². The van der Waals surface area contributed by atoms with Gasteiger partial charge in [0.1, 0.15) is 5.82 Å². The highest BCUT2D eigenvalue weighted by Gasteiger charge is 2.23. The van der Waals surface area contributed by atoms with E-state index in [9.17, 15) is 14.0 Å². The maximum absolute atomic E-state index is 13.8. The van der Waals surface area contributed by atoms with Crippen molar-refractivity contribution in [3.63, 3.8) is 0 Å². The minimum Gasteiger partial charge on any atom is -0.334 e. The van der Waals surface area contributed by atoms with E-state index in [4.69, 9.17) is 0 Å². The fourth-order valence-electron chi connectivity index (χ4n) is 4.29. The van der Waals surface area contributed by atoms with Crippen LogP contribution in [0.15, 0.2) is 48.5 Å². The molecule has 0 spiro atoms. The monoisotopic (exact) mass is 438 g/mol. The molecule has 0 saturated heterocycles. The van der Waals surface area contributed by atoms with Gasteiger partial charge in [0, 0.05) is 37.3 Å². The van der Waals surface area contributed by atoms with Crippen molar-refractivity contribution in [2.45, 2.75) is 65.3 Å². The smallest absolute Gasteiger partial charge is 0.254 e. The maximum atomic E-state index is 13.8. The standard InChI is InChI=1S/C27H35FN2O2/c1-21(2)18-26(31)30-17-10-6-4-3-5-9-16-29(20-23-12-7-8-15-25(23)30)27(32)22-13-11-14-24(28)19-22/h7-8,11-15,19,21H,3-6,9-10,16-18,20H2,1-2H3. The van der Waals surface area contributed by atoms with Crippen LogP contribution in [-0.4, -0.2) is 29.8 Å². The first-order valence-corrected chi connectivity index (χ1v) is 11.9. The predicted molar refractivity (Wildman–Crippen MR) is 127 cm³/mol. The van der Waals surface area contributed by atoms with E-state index < -0.39 is 5.82 Å². The summed E-state index contributed by atoms with van der Waals surface area (Å²) in [5, 5.41) is 0. The third kappa shape index (κ3) is 6.65. The summed E-state index contributed by atoms with van der Waals surface area (Å²) in [6.07, 6.45) is 6.80. The molecule has 0 aromatic heterocycles. The summed E-state index contributed by atoms with van der Waals surface area (Å²) < 4.78 is 13.8. The highest BCUT2D eigenvalue weighted by molar-refractivity contribution is 5.95. The van der Waals surface area contributed by atoms with E-state index in [0.717, 1.165) is 49.8 Å². The Balaban J connectivity index is 1.94. The molecule has 0 N–H and O–H groups in total. The Kier molecular flexibility index (Phi) is 8.83. The summed E-state index contributed by atoms with van der Waals surface area (Å²) >= 11 is 0. The van der Waals surface area contributed by atoms with Crippen LogP contribution in [0.1, 0.15) is 74.7 Å². The van der Waals surface area contributed by atoms with Crippen molar-refractivity contribution >= 4 is 17.5 Å². The predicted octanol–water partition coefficient (Wildman–Crippen LogP) is 6.20. The third-order valence-corrected chi connectivity index (χ3v) is 5.95. The van der Waals surface area contributed by atoms with E-state index in [0.29, 0.717) is 31.6 Å². The lowest BCUT2D eigenvalue weighted by molar-refractivity contribution is -0.119. The zero-order valence-corrected chi connectivity index (χ0v) is 19.4.